The van der Waals surface area contributed by atoms with Gasteiger partial charge in [-0.3, -0.25) is 5.32 Å². The lowest BCUT2D eigenvalue weighted by molar-refractivity contribution is 0.176. The van der Waals surface area contributed by atoms with Crippen LogP contribution in [0.2, 0.25) is 0 Å². The number of aliphatic hydroxyl groups is 1. The number of likely N-dealkylation sites (tertiary alicyclic amines) is 1. The van der Waals surface area contributed by atoms with Crippen LogP contribution >= 0.6 is 11.3 Å². The number of β-amino-alcohol motifs (C(OH)–C–C–N with tert-alkyl or cyclic N) is 1. The second kappa shape index (κ2) is 6.35. The molecule has 8 heteroatoms. The monoisotopic (exact) mass is 374 g/mol. The Morgan fingerprint density at radius 2 is 2.12 bits per heavy atom. The minimum absolute atomic E-state index is 0.164. The summed E-state index contributed by atoms with van der Waals surface area (Å²) in [5, 5.41) is 17.7. The Labute approximate surface area is 155 Å². The summed E-state index contributed by atoms with van der Waals surface area (Å²) in [6.07, 6.45) is 6.81. The summed E-state index contributed by atoms with van der Waals surface area (Å²) in [6.45, 7) is 0.971. The van der Waals surface area contributed by atoms with E-state index in [4.69, 9.17) is 4.52 Å². The van der Waals surface area contributed by atoms with E-state index >= 15 is 0 Å². The van der Waals surface area contributed by atoms with Crippen LogP contribution in [0.5, 0.6) is 0 Å². The van der Waals surface area contributed by atoms with Crippen molar-refractivity contribution in [1.29, 1.82) is 0 Å². The summed E-state index contributed by atoms with van der Waals surface area (Å²) in [7, 11) is 0. The molecule has 3 aliphatic rings. The Bertz CT molecular complexity index is 842. The Hall–Kier alpha value is -1.93. The molecule has 2 aromatic rings. The minimum atomic E-state index is -0.422. The van der Waals surface area contributed by atoms with Gasteiger partial charge < -0.3 is 14.5 Å². The molecule has 0 bridgehead atoms. The number of aromatic nitrogens is 2. The first kappa shape index (κ1) is 16.3. The maximum atomic E-state index is 12.6. The highest BCUT2D eigenvalue weighted by atomic mass is 32.1. The Morgan fingerprint density at radius 3 is 2.88 bits per heavy atom. The lowest BCUT2D eigenvalue weighted by Crippen LogP contribution is -2.33. The summed E-state index contributed by atoms with van der Waals surface area (Å²) < 4.78 is 5.58. The fraction of sp³-hybridized carbons (Fsp3) is 0.611. The molecule has 2 aromatic heterocycles. The number of aryl methyl sites for hydroxylation is 1. The molecule has 7 nitrogen and oxygen atoms in total. The molecule has 1 aliphatic heterocycles. The van der Waals surface area contributed by atoms with Crippen LogP contribution in [0.1, 0.15) is 54.3 Å². The van der Waals surface area contributed by atoms with E-state index in [9.17, 15) is 9.90 Å². The van der Waals surface area contributed by atoms with Crippen molar-refractivity contribution in [2.24, 2.45) is 0 Å². The Balaban J connectivity index is 1.47. The average molecular weight is 374 g/mol. The number of nitrogens with one attached hydrogen (secondary N) is 1. The van der Waals surface area contributed by atoms with Gasteiger partial charge in [-0.25, -0.2) is 4.79 Å². The lowest BCUT2D eigenvalue weighted by atomic mass is 9.95. The number of thiophene rings is 1. The molecule has 1 atom stereocenters. The summed E-state index contributed by atoms with van der Waals surface area (Å²) in [5.74, 6) is 1.75. The molecular formula is C18H22N4O3S. The van der Waals surface area contributed by atoms with E-state index in [1.807, 2.05) is 0 Å². The fourth-order valence-electron chi connectivity index (χ4n) is 3.83. The molecule has 1 saturated carbocycles. The third-order valence-electron chi connectivity index (χ3n) is 5.44. The molecule has 0 unspecified atom stereocenters. The van der Waals surface area contributed by atoms with Gasteiger partial charge in [0, 0.05) is 23.9 Å². The van der Waals surface area contributed by atoms with Crippen molar-refractivity contribution < 1.29 is 14.4 Å². The lowest BCUT2D eigenvalue weighted by Gasteiger charge is -2.16. The number of carbonyl (C=O) groups excluding carboxylic acids is 1. The molecule has 2 N–H and O–H groups in total. The van der Waals surface area contributed by atoms with Crippen LogP contribution in [-0.4, -0.2) is 45.4 Å². The maximum Gasteiger partial charge on any atom is 0.322 e. The van der Waals surface area contributed by atoms with Gasteiger partial charge in [0.15, 0.2) is 5.82 Å². The zero-order valence-corrected chi connectivity index (χ0v) is 15.3. The first-order valence-electron chi connectivity index (χ1n) is 9.41. The van der Waals surface area contributed by atoms with E-state index in [2.05, 4.69) is 15.5 Å². The van der Waals surface area contributed by atoms with Crippen molar-refractivity contribution in [1.82, 2.24) is 15.0 Å². The molecule has 2 fully saturated rings. The number of rotatable bonds is 3. The molecule has 2 aliphatic carbocycles. The van der Waals surface area contributed by atoms with Crippen LogP contribution in [-0.2, 0) is 12.8 Å². The second-order valence-corrected chi connectivity index (χ2v) is 8.57. The third-order valence-corrected chi connectivity index (χ3v) is 6.65. The topological polar surface area (TPSA) is 91.5 Å². The van der Waals surface area contributed by atoms with E-state index in [1.165, 1.54) is 16.9 Å². The van der Waals surface area contributed by atoms with Crippen LogP contribution in [0.3, 0.4) is 0 Å². The van der Waals surface area contributed by atoms with Gasteiger partial charge in [0.05, 0.1) is 11.7 Å². The van der Waals surface area contributed by atoms with Gasteiger partial charge in [-0.2, -0.15) is 4.98 Å². The fourth-order valence-corrected chi connectivity index (χ4v) is 5.10. The molecule has 3 heterocycles. The summed E-state index contributed by atoms with van der Waals surface area (Å²) in [5.41, 5.74) is 2.17. The summed E-state index contributed by atoms with van der Waals surface area (Å²) >= 11 is 1.63. The molecule has 26 heavy (non-hydrogen) atoms. The van der Waals surface area contributed by atoms with Crippen molar-refractivity contribution >= 4 is 22.4 Å². The number of hydrogen-bond acceptors (Lipinski definition) is 6. The van der Waals surface area contributed by atoms with Crippen molar-refractivity contribution in [3.63, 3.8) is 0 Å². The van der Waals surface area contributed by atoms with Crippen LogP contribution in [0.25, 0.3) is 11.5 Å². The summed E-state index contributed by atoms with van der Waals surface area (Å²) in [4.78, 5) is 20.2. The Kier molecular flexibility index (Phi) is 3.97. The van der Waals surface area contributed by atoms with Gasteiger partial charge in [-0.1, -0.05) is 5.16 Å². The number of urea groups is 1. The van der Waals surface area contributed by atoms with E-state index in [-0.39, 0.29) is 6.03 Å². The number of anilines is 1. The van der Waals surface area contributed by atoms with Crippen LogP contribution < -0.4 is 5.32 Å². The van der Waals surface area contributed by atoms with E-state index in [0.717, 1.165) is 48.5 Å². The standard InChI is InChI=1S/C18H22N4O3S/c23-11-7-8-22(9-11)18(24)20-17-14(12-3-1-2-4-13(12)26-17)16-19-15(21-25-16)10-5-6-10/h10-11,23H,1-9H2,(H,20,24)/t11-/m0/s1. The quantitative estimate of drug-likeness (QED) is 0.861. The Morgan fingerprint density at radius 1 is 1.27 bits per heavy atom. The van der Waals surface area contributed by atoms with Crippen LogP contribution in [0.15, 0.2) is 4.52 Å². The van der Waals surface area contributed by atoms with Gasteiger partial charge in [-0.15, -0.1) is 11.3 Å². The average Bonchev–Trinajstić information content (AvgIpc) is 3.04. The molecular weight excluding hydrogens is 352 g/mol. The van der Waals surface area contributed by atoms with Gasteiger partial charge in [0.2, 0.25) is 0 Å². The highest BCUT2D eigenvalue weighted by molar-refractivity contribution is 7.17. The number of aliphatic hydroxyl groups excluding tert-OH is 1. The number of hydrogen-bond donors (Lipinski definition) is 2. The summed E-state index contributed by atoms with van der Waals surface area (Å²) in [6, 6.07) is -0.164. The first-order valence-corrected chi connectivity index (χ1v) is 10.2. The molecule has 1 saturated heterocycles. The SMILES string of the molecule is O=C(Nc1sc2c(c1-c1nc(C3CC3)no1)CCCC2)N1CC[C@H](O)C1. The second-order valence-electron chi connectivity index (χ2n) is 7.47. The highest BCUT2D eigenvalue weighted by Gasteiger charge is 2.32. The molecule has 0 aromatic carbocycles. The van der Waals surface area contributed by atoms with E-state index in [0.29, 0.717) is 31.3 Å². The van der Waals surface area contributed by atoms with E-state index in [1.54, 1.807) is 16.2 Å². The van der Waals surface area contributed by atoms with Gasteiger partial charge in [0.1, 0.15) is 5.00 Å². The van der Waals surface area contributed by atoms with E-state index < -0.39 is 6.10 Å². The van der Waals surface area contributed by atoms with Crippen LogP contribution in [0, 0.1) is 0 Å². The van der Waals surface area contributed by atoms with Crippen molar-refractivity contribution in [2.45, 2.75) is 57.0 Å². The smallest absolute Gasteiger partial charge is 0.322 e. The van der Waals surface area contributed by atoms with Crippen molar-refractivity contribution in [3.8, 4) is 11.5 Å². The molecule has 5 rings (SSSR count). The molecule has 2 amide bonds. The van der Waals surface area contributed by atoms with Gasteiger partial charge in [-0.05, 0) is 50.5 Å². The normalized spacial score (nSPS) is 22.5. The maximum absolute atomic E-state index is 12.6. The van der Waals surface area contributed by atoms with Gasteiger partial charge in [0.25, 0.3) is 5.89 Å². The predicted octanol–water partition coefficient (Wildman–Crippen LogP) is 3.15. The van der Waals surface area contributed by atoms with Gasteiger partial charge >= 0.3 is 6.03 Å². The third kappa shape index (κ3) is 2.91. The zero-order valence-electron chi connectivity index (χ0n) is 14.5. The van der Waals surface area contributed by atoms with Crippen molar-refractivity contribution in [2.75, 3.05) is 18.4 Å². The first-order chi connectivity index (χ1) is 12.7. The van der Waals surface area contributed by atoms with Crippen LogP contribution in [0.4, 0.5) is 9.80 Å². The molecule has 0 radical (unpaired) electrons. The number of amides is 2. The molecule has 138 valence electrons. The molecule has 0 spiro atoms. The number of fused-ring (bicyclic) bond motifs is 1. The number of nitrogens with zero attached hydrogens (tertiary/aromatic N) is 3. The van der Waals surface area contributed by atoms with Crippen molar-refractivity contribution in [3.05, 3.63) is 16.3 Å². The number of carbonyl (C=O) groups is 1. The predicted molar refractivity (Wildman–Crippen MR) is 97.4 cm³/mol. The minimum Gasteiger partial charge on any atom is -0.391 e. The zero-order chi connectivity index (χ0) is 17.7. The largest absolute Gasteiger partial charge is 0.391 e. The highest BCUT2D eigenvalue weighted by Crippen LogP contribution is 2.45.